The van der Waals surface area contributed by atoms with Crippen LogP contribution in [-0.4, -0.2) is 42.0 Å². The summed E-state index contributed by atoms with van der Waals surface area (Å²) in [5.74, 6) is -1.03. The Hall–Kier alpha value is -2.37. The van der Waals surface area contributed by atoms with Gasteiger partial charge in [-0.15, -0.1) is 0 Å². The van der Waals surface area contributed by atoms with Gasteiger partial charge in [0.25, 0.3) is 5.91 Å². The van der Waals surface area contributed by atoms with Gasteiger partial charge in [0, 0.05) is 13.1 Å². The number of carbonyl (C=O) groups is 3. The zero-order chi connectivity index (χ0) is 15.7. The van der Waals surface area contributed by atoms with Gasteiger partial charge in [-0.05, 0) is 49.4 Å². The summed E-state index contributed by atoms with van der Waals surface area (Å²) >= 11 is 0. The minimum Gasteiger partial charge on any atom is -0.449 e. The van der Waals surface area contributed by atoms with Crippen molar-refractivity contribution in [1.29, 1.82) is 0 Å². The minimum atomic E-state index is -0.982. The van der Waals surface area contributed by atoms with Gasteiger partial charge in [-0.1, -0.05) is 6.07 Å². The maximum absolute atomic E-state index is 12.2. The molecule has 1 aliphatic carbocycles. The molecule has 1 fully saturated rings. The van der Waals surface area contributed by atoms with Crippen molar-refractivity contribution in [3.8, 4) is 0 Å². The quantitative estimate of drug-likeness (QED) is 0.853. The molecule has 3 amide bonds. The first-order valence-corrected chi connectivity index (χ1v) is 7.48. The summed E-state index contributed by atoms with van der Waals surface area (Å²) in [6, 6.07) is 5.07. The average Bonchev–Trinajstić information content (AvgIpc) is 3.13. The summed E-state index contributed by atoms with van der Waals surface area (Å²) in [5.41, 5.74) is 2.90. The fourth-order valence-electron chi connectivity index (χ4n) is 2.88. The highest BCUT2D eigenvalue weighted by Crippen LogP contribution is 2.23. The van der Waals surface area contributed by atoms with Crippen LogP contribution in [0, 0.1) is 0 Å². The van der Waals surface area contributed by atoms with Crippen molar-refractivity contribution in [3.63, 3.8) is 0 Å². The Morgan fingerprint density at radius 2 is 2.05 bits per heavy atom. The molecule has 6 heteroatoms. The molecule has 1 heterocycles. The molecule has 1 aromatic rings. The number of carbonyl (C=O) groups excluding carboxylic acids is 3. The molecule has 3 rings (SSSR count). The summed E-state index contributed by atoms with van der Waals surface area (Å²) in [4.78, 5) is 36.8. The predicted molar refractivity (Wildman–Crippen MR) is 78.5 cm³/mol. The zero-order valence-electron chi connectivity index (χ0n) is 12.4. The minimum absolute atomic E-state index is 0.304. The second kappa shape index (κ2) is 5.79. The Bertz CT molecular complexity index is 641. The Morgan fingerprint density at radius 1 is 1.27 bits per heavy atom. The summed E-state index contributed by atoms with van der Waals surface area (Å²) < 4.78 is 5.21. The van der Waals surface area contributed by atoms with Crippen LogP contribution >= 0.6 is 0 Å². The van der Waals surface area contributed by atoms with Crippen LogP contribution in [0.3, 0.4) is 0 Å². The fourth-order valence-corrected chi connectivity index (χ4v) is 2.88. The summed E-state index contributed by atoms with van der Waals surface area (Å²) in [6.07, 6.45) is 2.14. The number of hydrogen-bond donors (Lipinski definition) is 1. The number of nitrogens with zero attached hydrogens (tertiary/aromatic N) is 1. The Labute approximate surface area is 128 Å². The fraction of sp³-hybridized carbons (Fsp3) is 0.438. The summed E-state index contributed by atoms with van der Waals surface area (Å²) in [7, 11) is 0. The number of esters is 1. The molecule has 2 aliphatic rings. The third-order valence-corrected chi connectivity index (χ3v) is 4.09. The Morgan fingerprint density at radius 3 is 2.77 bits per heavy atom. The number of amides is 3. The van der Waals surface area contributed by atoms with Gasteiger partial charge in [0.1, 0.15) is 0 Å². The topological polar surface area (TPSA) is 75.7 Å². The second-order valence-electron chi connectivity index (χ2n) is 5.61. The molecule has 0 bridgehead atoms. The molecule has 6 nitrogen and oxygen atoms in total. The Kier molecular flexibility index (Phi) is 3.83. The molecule has 0 spiro atoms. The molecule has 1 saturated heterocycles. The van der Waals surface area contributed by atoms with E-state index in [0.717, 1.165) is 24.2 Å². The number of urea groups is 1. The van der Waals surface area contributed by atoms with Crippen LogP contribution in [0.25, 0.3) is 0 Å². The number of aryl methyl sites for hydroxylation is 2. The number of benzene rings is 1. The van der Waals surface area contributed by atoms with E-state index in [-0.39, 0.29) is 0 Å². The van der Waals surface area contributed by atoms with Gasteiger partial charge in [-0.25, -0.2) is 9.59 Å². The molecule has 0 radical (unpaired) electrons. The third kappa shape index (κ3) is 2.68. The maximum atomic E-state index is 12.2. The maximum Gasteiger partial charge on any atom is 0.338 e. The third-order valence-electron chi connectivity index (χ3n) is 4.09. The standard InChI is InChI=1S/C16H18N2O4/c1-10(14(19)18-8-7-17-16(18)21)22-15(20)13-6-5-11-3-2-4-12(11)9-13/h5-6,9-10H,2-4,7-8H2,1H3,(H,17,21). The van der Waals surface area contributed by atoms with Crippen molar-refractivity contribution in [2.75, 3.05) is 13.1 Å². The molecule has 1 unspecified atom stereocenters. The molecule has 1 atom stereocenters. The summed E-state index contributed by atoms with van der Waals surface area (Å²) in [5, 5.41) is 2.54. The lowest BCUT2D eigenvalue weighted by molar-refractivity contribution is -0.136. The molecule has 1 N–H and O–H groups in total. The first-order chi connectivity index (χ1) is 10.6. The van der Waals surface area contributed by atoms with E-state index >= 15 is 0 Å². The number of nitrogens with one attached hydrogen (secondary N) is 1. The van der Waals surface area contributed by atoms with Crippen molar-refractivity contribution >= 4 is 17.9 Å². The molecule has 0 aromatic heterocycles. The normalized spacial score (nSPS) is 17.9. The van der Waals surface area contributed by atoms with E-state index in [0.29, 0.717) is 18.7 Å². The highest BCUT2D eigenvalue weighted by atomic mass is 16.5. The lowest BCUT2D eigenvalue weighted by Crippen LogP contribution is -2.41. The van der Waals surface area contributed by atoms with Gasteiger partial charge in [0.05, 0.1) is 5.56 Å². The highest BCUT2D eigenvalue weighted by molar-refractivity contribution is 5.99. The first-order valence-electron chi connectivity index (χ1n) is 7.48. The van der Waals surface area contributed by atoms with Crippen LogP contribution in [0.5, 0.6) is 0 Å². The van der Waals surface area contributed by atoms with Crippen LogP contribution in [0.15, 0.2) is 18.2 Å². The number of hydrogen-bond acceptors (Lipinski definition) is 4. The van der Waals surface area contributed by atoms with Crippen LogP contribution in [0.2, 0.25) is 0 Å². The first kappa shape index (κ1) is 14.6. The monoisotopic (exact) mass is 302 g/mol. The average molecular weight is 302 g/mol. The summed E-state index contributed by atoms with van der Waals surface area (Å²) in [6.45, 7) is 2.22. The van der Waals surface area contributed by atoms with E-state index in [2.05, 4.69) is 5.32 Å². The molecule has 1 aliphatic heterocycles. The van der Waals surface area contributed by atoms with Crippen LogP contribution in [0.1, 0.15) is 34.8 Å². The second-order valence-corrected chi connectivity index (χ2v) is 5.61. The van der Waals surface area contributed by atoms with Crippen molar-refractivity contribution < 1.29 is 19.1 Å². The molecule has 0 saturated carbocycles. The zero-order valence-corrected chi connectivity index (χ0v) is 12.4. The smallest absolute Gasteiger partial charge is 0.338 e. The lowest BCUT2D eigenvalue weighted by Gasteiger charge is -2.18. The van der Waals surface area contributed by atoms with E-state index < -0.39 is 24.0 Å². The highest BCUT2D eigenvalue weighted by Gasteiger charge is 2.31. The van der Waals surface area contributed by atoms with Crippen molar-refractivity contribution in [1.82, 2.24) is 10.2 Å². The van der Waals surface area contributed by atoms with E-state index in [9.17, 15) is 14.4 Å². The van der Waals surface area contributed by atoms with Crippen LogP contribution in [0.4, 0.5) is 4.79 Å². The van der Waals surface area contributed by atoms with E-state index in [1.807, 2.05) is 12.1 Å². The molecular formula is C16H18N2O4. The predicted octanol–water partition coefficient (Wildman–Crippen LogP) is 1.27. The number of rotatable bonds is 3. The molecule has 116 valence electrons. The SMILES string of the molecule is CC(OC(=O)c1ccc2c(c1)CCC2)C(=O)N1CCNC1=O. The molecule has 1 aromatic carbocycles. The van der Waals surface area contributed by atoms with Crippen LogP contribution in [-0.2, 0) is 22.4 Å². The van der Waals surface area contributed by atoms with E-state index in [1.165, 1.54) is 18.1 Å². The molecular weight excluding hydrogens is 284 g/mol. The number of ether oxygens (including phenoxy) is 1. The Balaban J connectivity index is 1.66. The number of imide groups is 1. The molecule has 22 heavy (non-hydrogen) atoms. The van der Waals surface area contributed by atoms with E-state index in [1.54, 1.807) is 6.07 Å². The van der Waals surface area contributed by atoms with Gasteiger partial charge < -0.3 is 10.1 Å². The van der Waals surface area contributed by atoms with Gasteiger partial charge in [-0.3, -0.25) is 9.69 Å². The van der Waals surface area contributed by atoms with Crippen molar-refractivity contribution in [2.24, 2.45) is 0 Å². The van der Waals surface area contributed by atoms with Gasteiger partial charge in [0.15, 0.2) is 6.10 Å². The van der Waals surface area contributed by atoms with Crippen molar-refractivity contribution in [3.05, 3.63) is 34.9 Å². The largest absolute Gasteiger partial charge is 0.449 e. The van der Waals surface area contributed by atoms with Crippen LogP contribution < -0.4 is 5.32 Å². The van der Waals surface area contributed by atoms with Crippen molar-refractivity contribution in [2.45, 2.75) is 32.3 Å². The van der Waals surface area contributed by atoms with Gasteiger partial charge >= 0.3 is 12.0 Å². The van der Waals surface area contributed by atoms with Gasteiger partial charge in [-0.2, -0.15) is 0 Å². The van der Waals surface area contributed by atoms with Gasteiger partial charge in [0.2, 0.25) is 0 Å². The van der Waals surface area contributed by atoms with E-state index in [4.69, 9.17) is 4.74 Å². The lowest BCUT2D eigenvalue weighted by atomic mass is 10.1. The number of fused-ring (bicyclic) bond motifs is 1.